The summed E-state index contributed by atoms with van der Waals surface area (Å²) in [5.74, 6) is 0.895. The van der Waals surface area contributed by atoms with Gasteiger partial charge in [-0.2, -0.15) is 0 Å². The minimum atomic E-state index is 0.212. The van der Waals surface area contributed by atoms with E-state index in [4.69, 9.17) is 0 Å². The van der Waals surface area contributed by atoms with Crippen molar-refractivity contribution in [3.8, 4) is 0 Å². The number of hydrogen-bond donors (Lipinski definition) is 0. The second-order valence-corrected chi connectivity index (χ2v) is 5.85. The van der Waals surface area contributed by atoms with Crippen LogP contribution in [0.5, 0.6) is 0 Å². The maximum absolute atomic E-state index is 11.3. The van der Waals surface area contributed by atoms with Gasteiger partial charge in [0.2, 0.25) is 0 Å². The number of Topliss-reactive ketones (excluding diaryl/α,β-unsaturated/α-hetero) is 1. The lowest BCUT2D eigenvalue weighted by Crippen LogP contribution is -2.10. The number of carbonyl (C=O) groups excluding carboxylic acids is 1. The number of ketones is 1. The van der Waals surface area contributed by atoms with Crippen molar-refractivity contribution in [1.29, 1.82) is 0 Å². The Hall–Kier alpha value is -1.11. The zero-order chi connectivity index (χ0) is 11.8. The Morgan fingerprint density at radius 3 is 2.19 bits per heavy atom. The summed E-state index contributed by atoms with van der Waals surface area (Å²) in [6.07, 6.45) is 2.55. The molecule has 1 aliphatic carbocycles. The first-order valence-electron chi connectivity index (χ1n) is 6.09. The van der Waals surface area contributed by atoms with Crippen molar-refractivity contribution < 1.29 is 4.79 Å². The van der Waals surface area contributed by atoms with Crippen molar-refractivity contribution in [2.45, 2.75) is 51.4 Å². The lowest BCUT2D eigenvalue weighted by molar-refractivity contribution is -0.117. The van der Waals surface area contributed by atoms with Crippen LogP contribution in [0.2, 0.25) is 0 Å². The highest BCUT2D eigenvalue weighted by atomic mass is 16.1. The van der Waals surface area contributed by atoms with Gasteiger partial charge in [0.05, 0.1) is 0 Å². The van der Waals surface area contributed by atoms with Gasteiger partial charge in [-0.3, -0.25) is 4.79 Å². The van der Waals surface area contributed by atoms with Crippen LogP contribution in [0, 0.1) is 0 Å². The normalized spacial score (nSPS) is 21.4. The largest absolute Gasteiger partial charge is 0.300 e. The van der Waals surface area contributed by atoms with Gasteiger partial charge in [-0.15, -0.1) is 0 Å². The monoisotopic (exact) mass is 216 g/mol. The zero-order valence-corrected chi connectivity index (χ0v) is 10.4. The molecule has 0 heterocycles. The lowest BCUT2D eigenvalue weighted by atomic mass is 9.85. The molecule has 0 spiro atoms. The molecule has 16 heavy (non-hydrogen) atoms. The van der Waals surface area contributed by atoms with Crippen molar-refractivity contribution in [3.05, 3.63) is 35.4 Å². The molecule has 1 aromatic carbocycles. The van der Waals surface area contributed by atoms with Crippen LogP contribution in [0.25, 0.3) is 0 Å². The molecular weight excluding hydrogens is 196 g/mol. The van der Waals surface area contributed by atoms with Crippen molar-refractivity contribution in [2.75, 3.05) is 0 Å². The van der Waals surface area contributed by atoms with Gasteiger partial charge in [0.25, 0.3) is 0 Å². The summed E-state index contributed by atoms with van der Waals surface area (Å²) in [6.45, 7) is 6.67. The van der Waals surface area contributed by atoms with Crippen LogP contribution in [0.15, 0.2) is 24.3 Å². The van der Waals surface area contributed by atoms with Gasteiger partial charge >= 0.3 is 0 Å². The molecule has 1 fully saturated rings. The second kappa shape index (κ2) is 4.04. The van der Waals surface area contributed by atoms with Crippen LogP contribution >= 0.6 is 0 Å². The maximum atomic E-state index is 11.3. The predicted octanol–water partition coefficient (Wildman–Crippen LogP) is 3.82. The van der Waals surface area contributed by atoms with E-state index in [0.717, 1.165) is 19.3 Å². The van der Waals surface area contributed by atoms with E-state index in [1.165, 1.54) is 11.1 Å². The molecule has 86 valence electrons. The van der Waals surface area contributed by atoms with E-state index < -0.39 is 0 Å². The van der Waals surface area contributed by atoms with Crippen molar-refractivity contribution >= 4 is 5.78 Å². The molecule has 1 heteroatoms. The summed E-state index contributed by atoms with van der Waals surface area (Å²) in [5, 5.41) is 0. The predicted molar refractivity (Wildman–Crippen MR) is 66.7 cm³/mol. The van der Waals surface area contributed by atoms with Crippen LogP contribution in [-0.4, -0.2) is 5.78 Å². The lowest BCUT2D eigenvalue weighted by Gasteiger charge is -2.20. The van der Waals surface area contributed by atoms with Gasteiger partial charge in [-0.1, -0.05) is 45.0 Å². The van der Waals surface area contributed by atoms with Crippen LogP contribution in [0.1, 0.15) is 57.1 Å². The van der Waals surface area contributed by atoms with Gasteiger partial charge in [0.15, 0.2) is 0 Å². The Bertz CT molecular complexity index is 381. The van der Waals surface area contributed by atoms with Gasteiger partial charge in [0, 0.05) is 12.8 Å². The molecule has 2 rings (SSSR count). The molecule has 1 aromatic rings. The minimum Gasteiger partial charge on any atom is -0.300 e. The van der Waals surface area contributed by atoms with Crippen LogP contribution in [0.4, 0.5) is 0 Å². The minimum absolute atomic E-state index is 0.212. The highest BCUT2D eigenvalue weighted by Crippen LogP contribution is 2.33. The highest BCUT2D eigenvalue weighted by Gasteiger charge is 2.23. The summed E-state index contributed by atoms with van der Waals surface area (Å²) in [5.41, 5.74) is 2.91. The third kappa shape index (κ3) is 2.34. The summed E-state index contributed by atoms with van der Waals surface area (Å²) >= 11 is 0. The Kier molecular flexibility index (Phi) is 2.88. The zero-order valence-electron chi connectivity index (χ0n) is 10.4. The molecule has 0 radical (unpaired) electrons. The molecule has 0 unspecified atom stereocenters. The summed E-state index contributed by atoms with van der Waals surface area (Å²) in [6, 6.07) is 8.81. The van der Waals surface area contributed by atoms with Crippen molar-refractivity contribution in [2.24, 2.45) is 0 Å². The topological polar surface area (TPSA) is 17.1 Å². The van der Waals surface area contributed by atoms with E-state index in [-0.39, 0.29) is 5.41 Å². The van der Waals surface area contributed by atoms with Crippen molar-refractivity contribution in [1.82, 2.24) is 0 Å². The molecule has 1 nitrogen and oxygen atoms in total. The van der Waals surface area contributed by atoms with E-state index in [1.807, 2.05) is 0 Å². The van der Waals surface area contributed by atoms with E-state index in [1.54, 1.807) is 0 Å². The molecule has 0 aliphatic heterocycles. The molecule has 0 saturated heterocycles. The standard InChI is InChI=1S/C15H20O/c1-15(2,3)13-7-4-11(5-8-13)12-6-9-14(16)10-12/h4-5,7-8,12H,6,9-10H2,1-3H3/t12-/m1/s1. The van der Waals surface area contributed by atoms with E-state index in [9.17, 15) is 4.79 Å². The molecule has 1 atom stereocenters. The molecule has 0 aromatic heterocycles. The molecule has 0 bridgehead atoms. The smallest absolute Gasteiger partial charge is 0.133 e. The molecular formula is C15H20O. The molecule has 1 saturated carbocycles. The van der Waals surface area contributed by atoms with Gasteiger partial charge in [-0.05, 0) is 28.9 Å². The molecule has 0 amide bonds. The average molecular weight is 216 g/mol. The molecule has 1 aliphatic rings. The first-order chi connectivity index (χ1) is 7.47. The summed E-state index contributed by atoms with van der Waals surface area (Å²) in [4.78, 5) is 11.3. The third-order valence-electron chi connectivity index (χ3n) is 3.49. The highest BCUT2D eigenvalue weighted by molar-refractivity contribution is 5.81. The average Bonchev–Trinajstić information content (AvgIpc) is 2.64. The summed E-state index contributed by atoms with van der Waals surface area (Å²) in [7, 11) is 0. The SMILES string of the molecule is CC(C)(C)c1ccc([C@@H]2CCC(=O)C2)cc1. The number of rotatable bonds is 1. The second-order valence-electron chi connectivity index (χ2n) is 5.85. The van der Waals surface area contributed by atoms with Crippen LogP contribution in [-0.2, 0) is 10.2 Å². The fraction of sp³-hybridized carbons (Fsp3) is 0.533. The summed E-state index contributed by atoms with van der Waals surface area (Å²) < 4.78 is 0. The van der Waals surface area contributed by atoms with Crippen LogP contribution in [0.3, 0.4) is 0 Å². The van der Waals surface area contributed by atoms with E-state index >= 15 is 0 Å². The number of hydrogen-bond acceptors (Lipinski definition) is 1. The quantitative estimate of drug-likeness (QED) is 0.697. The van der Waals surface area contributed by atoms with Gasteiger partial charge < -0.3 is 0 Å². The Balaban J connectivity index is 2.17. The Labute approximate surface area is 97.9 Å². The fourth-order valence-electron chi connectivity index (χ4n) is 2.35. The number of carbonyl (C=O) groups is 1. The Morgan fingerprint density at radius 1 is 1.12 bits per heavy atom. The first-order valence-corrected chi connectivity index (χ1v) is 6.09. The number of benzene rings is 1. The van der Waals surface area contributed by atoms with Crippen LogP contribution < -0.4 is 0 Å². The first kappa shape index (κ1) is 11.4. The van der Waals surface area contributed by atoms with E-state index in [0.29, 0.717) is 11.7 Å². The van der Waals surface area contributed by atoms with E-state index in [2.05, 4.69) is 45.0 Å². The van der Waals surface area contributed by atoms with Crippen molar-refractivity contribution in [3.63, 3.8) is 0 Å². The van der Waals surface area contributed by atoms with Gasteiger partial charge in [0.1, 0.15) is 5.78 Å². The maximum Gasteiger partial charge on any atom is 0.133 e. The Morgan fingerprint density at radius 2 is 1.75 bits per heavy atom. The fourth-order valence-corrected chi connectivity index (χ4v) is 2.35. The van der Waals surface area contributed by atoms with Gasteiger partial charge in [-0.25, -0.2) is 0 Å². The third-order valence-corrected chi connectivity index (χ3v) is 3.49. The molecule has 0 N–H and O–H groups in total.